The molecule has 3 fully saturated rings. The number of nitrogens with zero attached hydrogens (tertiary/aromatic N) is 2. The first kappa shape index (κ1) is 15.3. The lowest BCUT2D eigenvalue weighted by Crippen LogP contribution is -2.41. The molecule has 0 unspecified atom stereocenters. The summed E-state index contributed by atoms with van der Waals surface area (Å²) in [6, 6.07) is 0. The summed E-state index contributed by atoms with van der Waals surface area (Å²) < 4.78 is 31.5. The Labute approximate surface area is 135 Å². The van der Waals surface area contributed by atoms with Gasteiger partial charge in [-0.3, -0.25) is 0 Å². The molecule has 124 valence electrons. The van der Waals surface area contributed by atoms with E-state index in [0.717, 1.165) is 24.2 Å². The van der Waals surface area contributed by atoms with Gasteiger partial charge in [-0.2, -0.15) is 4.98 Å². The molecule has 7 heteroatoms. The number of halogens is 1. The minimum atomic E-state index is -0.902. The third-order valence-corrected chi connectivity index (χ3v) is 5.53. The van der Waals surface area contributed by atoms with Crippen molar-refractivity contribution in [3.63, 3.8) is 0 Å². The molecule has 0 aromatic carbocycles. The predicted molar refractivity (Wildman–Crippen MR) is 82.5 cm³/mol. The standard InChI is InChI=1S/C16H22BFN2O3/c1-15(2)16(3,4)23-17(22-15)12(18)10-7-11(8-10)14-19-13(20-21-14)9-5-6-9/h9,11H,5-8H2,1-4H3. The minimum Gasteiger partial charge on any atom is -0.398 e. The average molecular weight is 320 g/mol. The molecule has 0 amide bonds. The van der Waals surface area contributed by atoms with Crippen molar-refractivity contribution in [3.8, 4) is 0 Å². The van der Waals surface area contributed by atoms with E-state index in [0.29, 0.717) is 24.7 Å². The summed E-state index contributed by atoms with van der Waals surface area (Å²) >= 11 is 0. The third-order valence-electron chi connectivity index (χ3n) is 5.53. The van der Waals surface area contributed by atoms with Crippen LogP contribution in [0.3, 0.4) is 0 Å². The molecule has 0 atom stereocenters. The van der Waals surface area contributed by atoms with Crippen molar-refractivity contribution < 1.29 is 18.2 Å². The third kappa shape index (κ3) is 2.54. The van der Waals surface area contributed by atoms with Gasteiger partial charge in [-0.05, 0) is 59.0 Å². The Balaban J connectivity index is 1.42. The lowest BCUT2D eigenvalue weighted by atomic mass is 9.72. The Morgan fingerprint density at radius 2 is 1.70 bits per heavy atom. The van der Waals surface area contributed by atoms with Crippen molar-refractivity contribution in [2.24, 2.45) is 0 Å². The molecule has 5 nitrogen and oxygen atoms in total. The second-order valence-electron chi connectivity index (χ2n) is 7.91. The molecule has 1 aromatic heterocycles. The van der Waals surface area contributed by atoms with Crippen molar-refractivity contribution in [3.05, 3.63) is 23.0 Å². The monoisotopic (exact) mass is 320 g/mol. The Bertz CT molecular complexity index is 642. The highest BCUT2D eigenvalue weighted by molar-refractivity contribution is 6.53. The van der Waals surface area contributed by atoms with Crippen molar-refractivity contribution in [2.45, 2.75) is 76.4 Å². The van der Waals surface area contributed by atoms with Crippen LogP contribution >= 0.6 is 0 Å². The summed E-state index contributed by atoms with van der Waals surface area (Å²) in [7, 11) is -0.902. The number of allylic oxidation sites excluding steroid dienone is 1. The Hall–Kier alpha value is -1.21. The highest BCUT2D eigenvalue weighted by Crippen LogP contribution is 2.47. The molecule has 2 heterocycles. The van der Waals surface area contributed by atoms with Crippen LogP contribution in [0, 0.1) is 0 Å². The Kier molecular flexibility index (Phi) is 3.26. The lowest BCUT2D eigenvalue weighted by Gasteiger charge is -2.32. The Morgan fingerprint density at radius 1 is 1.09 bits per heavy atom. The molecule has 4 rings (SSSR count). The molecule has 1 aromatic rings. The second-order valence-corrected chi connectivity index (χ2v) is 7.91. The van der Waals surface area contributed by atoms with Gasteiger partial charge in [0, 0.05) is 11.8 Å². The van der Waals surface area contributed by atoms with Gasteiger partial charge in [0.15, 0.2) is 5.82 Å². The fourth-order valence-corrected chi connectivity index (χ4v) is 2.94. The van der Waals surface area contributed by atoms with Gasteiger partial charge in [-0.15, -0.1) is 0 Å². The normalized spacial score (nSPS) is 28.8. The summed E-state index contributed by atoms with van der Waals surface area (Å²) in [6.45, 7) is 7.69. The molecule has 0 radical (unpaired) electrons. The van der Waals surface area contributed by atoms with Crippen LogP contribution in [-0.2, 0) is 9.31 Å². The van der Waals surface area contributed by atoms with Gasteiger partial charge in [-0.1, -0.05) is 5.16 Å². The van der Waals surface area contributed by atoms with Crippen molar-refractivity contribution in [2.75, 3.05) is 0 Å². The first-order valence-corrected chi connectivity index (χ1v) is 8.33. The average Bonchev–Trinajstić information content (AvgIpc) is 3.10. The van der Waals surface area contributed by atoms with Crippen LogP contribution in [0.5, 0.6) is 0 Å². The van der Waals surface area contributed by atoms with E-state index < -0.39 is 18.3 Å². The van der Waals surface area contributed by atoms with Gasteiger partial charge in [0.2, 0.25) is 5.89 Å². The smallest absolute Gasteiger partial charge is 0.398 e. The van der Waals surface area contributed by atoms with E-state index in [1.807, 2.05) is 27.7 Å². The van der Waals surface area contributed by atoms with E-state index in [-0.39, 0.29) is 11.6 Å². The van der Waals surface area contributed by atoms with E-state index in [2.05, 4.69) is 10.1 Å². The lowest BCUT2D eigenvalue weighted by molar-refractivity contribution is 0.00578. The molecule has 0 bridgehead atoms. The molecular formula is C16H22BFN2O3. The Morgan fingerprint density at radius 3 is 2.26 bits per heavy atom. The van der Waals surface area contributed by atoms with E-state index in [4.69, 9.17) is 13.8 Å². The van der Waals surface area contributed by atoms with Gasteiger partial charge in [-0.25, -0.2) is 4.39 Å². The second kappa shape index (κ2) is 4.90. The van der Waals surface area contributed by atoms with Crippen LogP contribution in [0.25, 0.3) is 0 Å². The molecule has 3 aliphatic rings. The summed E-state index contributed by atoms with van der Waals surface area (Å²) in [5, 5.41) is 4.02. The highest BCUT2D eigenvalue weighted by atomic mass is 19.1. The summed E-state index contributed by atoms with van der Waals surface area (Å²) in [6.07, 6.45) is 3.49. The van der Waals surface area contributed by atoms with Crippen LogP contribution in [0.4, 0.5) is 4.39 Å². The quantitative estimate of drug-likeness (QED) is 0.795. The SMILES string of the molecule is CC1(C)OB(C(F)=C2CC(c3nc(C4CC4)no3)C2)OC1(C)C. The van der Waals surface area contributed by atoms with E-state index >= 15 is 0 Å². The van der Waals surface area contributed by atoms with Gasteiger partial charge < -0.3 is 13.8 Å². The summed E-state index contributed by atoms with van der Waals surface area (Å²) in [5.74, 6) is 2.04. The number of hydrogen-bond acceptors (Lipinski definition) is 5. The molecule has 1 saturated heterocycles. The zero-order valence-corrected chi connectivity index (χ0v) is 14.1. The molecule has 1 aliphatic heterocycles. The van der Waals surface area contributed by atoms with Crippen LogP contribution in [0.2, 0.25) is 0 Å². The fraction of sp³-hybridized carbons (Fsp3) is 0.750. The van der Waals surface area contributed by atoms with Crippen molar-refractivity contribution in [1.29, 1.82) is 0 Å². The van der Waals surface area contributed by atoms with E-state index in [1.165, 1.54) is 0 Å². The van der Waals surface area contributed by atoms with Gasteiger partial charge in [0.25, 0.3) is 0 Å². The van der Waals surface area contributed by atoms with Gasteiger partial charge in [0.1, 0.15) is 5.73 Å². The van der Waals surface area contributed by atoms with Crippen molar-refractivity contribution >= 4 is 7.12 Å². The zero-order valence-electron chi connectivity index (χ0n) is 14.1. The molecular weight excluding hydrogens is 298 g/mol. The van der Waals surface area contributed by atoms with Crippen LogP contribution in [0.1, 0.15) is 76.9 Å². The zero-order chi connectivity index (χ0) is 16.4. The predicted octanol–water partition coefficient (Wildman–Crippen LogP) is 3.68. The molecule has 0 N–H and O–H groups in total. The molecule has 23 heavy (non-hydrogen) atoms. The topological polar surface area (TPSA) is 57.4 Å². The van der Waals surface area contributed by atoms with E-state index in [9.17, 15) is 4.39 Å². The highest BCUT2D eigenvalue weighted by Gasteiger charge is 2.54. The first-order valence-electron chi connectivity index (χ1n) is 8.33. The van der Waals surface area contributed by atoms with Crippen LogP contribution in [-0.4, -0.2) is 28.5 Å². The van der Waals surface area contributed by atoms with Crippen LogP contribution in [0.15, 0.2) is 15.8 Å². The van der Waals surface area contributed by atoms with Gasteiger partial charge in [0.05, 0.1) is 11.2 Å². The maximum atomic E-state index is 14.6. The summed E-state index contributed by atoms with van der Waals surface area (Å²) in [5.41, 5.74) is -0.601. The number of rotatable bonds is 3. The maximum Gasteiger partial charge on any atom is 0.525 e. The van der Waals surface area contributed by atoms with Gasteiger partial charge >= 0.3 is 7.12 Å². The molecule has 2 aliphatic carbocycles. The minimum absolute atomic E-state index is 0.123. The van der Waals surface area contributed by atoms with Crippen molar-refractivity contribution in [1.82, 2.24) is 10.1 Å². The largest absolute Gasteiger partial charge is 0.525 e. The number of aromatic nitrogens is 2. The number of hydrogen-bond donors (Lipinski definition) is 0. The first-order chi connectivity index (χ1) is 10.8. The fourth-order valence-electron chi connectivity index (χ4n) is 2.94. The molecule has 2 saturated carbocycles. The van der Waals surface area contributed by atoms with Crippen LogP contribution < -0.4 is 0 Å². The molecule has 0 spiro atoms. The maximum absolute atomic E-state index is 14.6. The van der Waals surface area contributed by atoms with E-state index in [1.54, 1.807) is 0 Å². The summed E-state index contributed by atoms with van der Waals surface area (Å²) in [4.78, 5) is 4.45.